The normalized spacial score (nSPS) is 12.3. The number of aromatic amines is 1. The Hall–Kier alpha value is -5.96. The van der Waals surface area contributed by atoms with Crippen LogP contribution in [0.4, 0.5) is 0 Å². The van der Waals surface area contributed by atoms with Gasteiger partial charge in [0.15, 0.2) is 31.2 Å². The van der Waals surface area contributed by atoms with Crippen molar-refractivity contribution in [2.45, 2.75) is 98.4 Å². The number of aliphatic hydroxyl groups excluding tert-OH is 2. The molecule has 0 amide bonds. The largest absolute Gasteiger partial charge is 0.493 e. The molecule has 0 saturated heterocycles. The van der Waals surface area contributed by atoms with Crippen molar-refractivity contribution >= 4 is 53.5 Å². The van der Waals surface area contributed by atoms with E-state index < -0.39 is 20.4 Å². The summed E-state index contributed by atoms with van der Waals surface area (Å²) >= 11 is 11.9. The first-order valence-corrected chi connectivity index (χ1v) is 24.8. The van der Waals surface area contributed by atoms with Gasteiger partial charge in [-0.1, -0.05) is 104 Å². The molecular formula is C53H64Cl2N6O6Si. The van der Waals surface area contributed by atoms with Crippen LogP contribution in [0.15, 0.2) is 122 Å². The zero-order chi connectivity index (χ0) is 47.1. The Morgan fingerprint density at radius 3 is 1.53 bits per heavy atom. The third kappa shape index (κ3) is 11.1. The standard InChI is InChI=1S/C30H38ClN3O3Si.C21H18ClN3O3.2CH4/c1-19(2)38(20(3)4,21(5)6)34-17-25(24-9-8-14-32-30(24)34)29(35)26-15-27(36-7)28(16-33-26)37-18-22-10-12-23(31)13-11-22;1-27-18-9-17(20(26)16-10-25-21-15(16)3-2-8-23-21)24-11-19(18)28-12-13-4-6-14(22)7-5-13;;/h8-17,19-21,29,35H,18H2,1-7H3;2-11,20,26H,12H2,1H3,(H,23,25);2*1H4. The number of aliphatic hydroxyl groups is 2. The highest BCUT2D eigenvalue weighted by Crippen LogP contribution is 2.46. The van der Waals surface area contributed by atoms with E-state index >= 15 is 0 Å². The lowest BCUT2D eigenvalue weighted by Gasteiger charge is -2.44. The van der Waals surface area contributed by atoms with Gasteiger partial charge in [-0.3, -0.25) is 9.97 Å². The fourth-order valence-electron chi connectivity index (χ4n) is 9.15. The smallest absolute Gasteiger partial charge is 0.179 e. The van der Waals surface area contributed by atoms with Gasteiger partial charge in [0, 0.05) is 68.9 Å². The first kappa shape index (κ1) is 53.0. The molecule has 2 aromatic carbocycles. The molecule has 6 heterocycles. The minimum Gasteiger partial charge on any atom is -0.493 e. The predicted molar refractivity (Wildman–Crippen MR) is 277 cm³/mol. The van der Waals surface area contributed by atoms with Crippen LogP contribution < -0.4 is 18.9 Å². The quantitative estimate of drug-likeness (QED) is 0.0799. The Kier molecular flexibility index (Phi) is 18.2. The van der Waals surface area contributed by atoms with Gasteiger partial charge < -0.3 is 38.4 Å². The van der Waals surface area contributed by atoms with Gasteiger partial charge >= 0.3 is 0 Å². The molecule has 0 radical (unpaired) electrons. The van der Waals surface area contributed by atoms with Crippen LogP contribution >= 0.6 is 23.2 Å². The van der Waals surface area contributed by atoms with Gasteiger partial charge in [-0.2, -0.15) is 0 Å². The van der Waals surface area contributed by atoms with Crippen molar-refractivity contribution in [1.29, 1.82) is 0 Å². The van der Waals surface area contributed by atoms with E-state index in [1.165, 1.54) is 0 Å². The molecule has 0 fully saturated rings. The van der Waals surface area contributed by atoms with E-state index in [0.29, 0.717) is 85.5 Å². The van der Waals surface area contributed by atoms with Crippen LogP contribution in [0.2, 0.25) is 26.7 Å². The Morgan fingerprint density at radius 1 is 0.603 bits per heavy atom. The molecule has 8 rings (SSSR count). The fourth-order valence-corrected chi connectivity index (χ4v) is 16.0. The molecule has 3 N–H and O–H groups in total. The molecular weight excluding hydrogens is 916 g/mol. The van der Waals surface area contributed by atoms with Crippen molar-refractivity contribution in [2.24, 2.45) is 0 Å². The highest BCUT2D eigenvalue weighted by Gasteiger charge is 2.46. The highest BCUT2D eigenvalue weighted by molar-refractivity contribution is 6.82. The Balaban J connectivity index is 0.000000257. The third-order valence-electron chi connectivity index (χ3n) is 12.2. The molecule has 360 valence electrons. The van der Waals surface area contributed by atoms with E-state index in [1.54, 1.807) is 51.1 Å². The number of nitrogens with zero attached hydrogens (tertiary/aromatic N) is 5. The van der Waals surface area contributed by atoms with Crippen LogP contribution in [-0.4, -0.2) is 61.8 Å². The summed E-state index contributed by atoms with van der Waals surface area (Å²) in [6.45, 7) is 14.7. The van der Waals surface area contributed by atoms with Crippen molar-refractivity contribution < 1.29 is 29.2 Å². The van der Waals surface area contributed by atoms with Crippen molar-refractivity contribution in [1.82, 2.24) is 29.2 Å². The second-order valence-electron chi connectivity index (χ2n) is 17.0. The summed E-state index contributed by atoms with van der Waals surface area (Å²) < 4.78 is 25.3. The molecule has 0 saturated carbocycles. The molecule has 0 aliphatic heterocycles. The van der Waals surface area contributed by atoms with Crippen LogP contribution in [0.25, 0.3) is 22.1 Å². The van der Waals surface area contributed by atoms with Gasteiger partial charge in [0.25, 0.3) is 0 Å². The van der Waals surface area contributed by atoms with E-state index in [1.807, 2.05) is 79.0 Å². The van der Waals surface area contributed by atoms with Gasteiger partial charge in [-0.15, -0.1) is 0 Å². The maximum atomic E-state index is 11.6. The average molecular weight is 980 g/mol. The van der Waals surface area contributed by atoms with E-state index in [4.69, 9.17) is 47.1 Å². The fraction of sp³-hybridized carbons (Fsp3) is 0.321. The Labute approximate surface area is 411 Å². The van der Waals surface area contributed by atoms with Gasteiger partial charge in [0.2, 0.25) is 0 Å². The van der Waals surface area contributed by atoms with Crippen LogP contribution in [0.5, 0.6) is 23.0 Å². The van der Waals surface area contributed by atoms with E-state index in [0.717, 1.165) is 33.1 Å². The molecule has 2 atom stereocenters. The monoisotopic (exact) mass is 978 g/mol. The number of benzene rings is 2. The van der Waals surface area contributed by atoms with Crippen molar-refractivity contribution in [3.05, 3.63) is 166 Å². The number of methoxy groups -OCH3 is 2. The molecule has 15 heteroatoms. The first-order valence-electron chi connectivity index (χ1n) is 21.8. The molecule has 0 spiro atoms. The first-order chi connectivity index (χ1) is 31.8. The molecule has 0 aliphatic rings. The SMILES string of the molecule is C.C.COc1cc(C(O)c2c[nH]c3ncccc23)ncc1OCc1ccc(Cl)cc1.COc1cc(C(O)c2cn([Si](C(C)C)(C(C)C)C(C)C)c3ncccc23)ncc1OCc1ccc(Cl)cc1. The van der Waals surface area contributed by atoms with Crippen LogP contribution in [0.1, 0.15) is 102 Å². The number of hydrogen-bond donors (Lipinski definition) is 3. The number of H-pyrrole nitrogens is 1. The summed E-state index contributed by atoms with van der Waals surface area (Å²) in [7, 11) is 1.04. The zero-order valence-corrected chi connectivity index (χ0v) is 40.9. The predicted octanol–water partition coefficient (Wildman–Crippen LogP) is 13.3. The Bertz CT molecular complexity index is 2850. The number of rotatable bonds is 16. The summed E-state index contributed by atoms with van der Waals surface area (Å²) in [6, 6.07) is 26.0. The molecule has 2 unspecified atom stereocenters. The molecule has 8 aromatic rings. The second-order valence-corrected chi connectivity index (χ2v) is 23.6. The minimum absolute atomic E-state index is 0. The Morgan fingerprint density at radius 2 is 1.06 bits per heavy atom. The second kappa shape index (κ2) is 23.4. The molecule has 6 aromatic heterocycles. The summed E-state index contributed by atoms with van der Waals surface area (Å²) in [4.78, 5) is 21.1. The lowest BCUT2D eigenvalue weighted by Crippen LogP contribution is -2.51. The number of aromatic nitrogens is 6. The number of hydrogen-bond acceptors (Lipinski definition) is 10. The summed E-state index contributed by atoms with van der Waals surface area (Å²) in [6.07, 6.45) is 8.71. The number of fused-ring (bicyclic) bond motifs is 2. The van der Waals surface area contributed by atoms with E-state index in [9.17, 15) is 10.2 Å². The average Bonchev–Trinajstić information content (AvgIpc) is 3.93. The van der Waals surface area contributed by atoms with E-state index in [-0.39, 0.29) is 14.9 Å². The maximum Gasteiger partial charge on any atom is 0.179 e. The molecule has 68 heavy (non-hydrogen) atoms. The van der Waals surface area contributed by atoms with Crippen molar-refractivity contribution in [3.8, 4) is 23.0 Å². The van der Waals surface area contributed by atoms with Crippen LogP contribution in [0, 0.1) is 0 Å². The van der Waals surface area contributed by atoms with Gasteiger partial charge in [-0.25, -0.2) is 9.97 Å². The van der Waals surface area contributed by atoms with Crippen LogP contribution in [-0.2, 0) is 13.2 Å². The molecule has 0 aliphatic carbocycles. The topological polar surface area (TPSA) is 150 Å². The lowest BCUT2D eigenvalue weighted by atomic mass is 10.1. The summed E-state index contributed by atoms with van der Waals surface area (Å²) in [5, 5.41) is 25.6. The molecule has 0 bridgehead atoms. The van der Waals surface area contributed by atoms with Crippen molar-refractivity contribution in [2.75, 3.05) is 14.2 Å². The summed E-state index contributed by atoms with van der Waals surface area (Å²) in [5.41, 5.74) is 7.52. The zero-order valence-electron chi connectivity index (χ0n) is 38.4. The van der Waals surface area contributed by atoms with Crippen molar-refractivity contribution in [3.63, 3.8) is 0 Å². The number of pyridine rings is 4. The van der Waals surface area contributed by atoms with E-state index in [2.05, 4.69) is 71.9 Å². The van der Waals surface area contributed by atoms with Crippen LogP contribution in [0.3, 0.4) is 0 Å². The number of nitrogens with one attached hydrogen (secondary N) is 1. The van der Waals surface area contributed by atoms with Gasteiger partial charge in [-0.05, 0) is 76.3 Å². The molecule has 12 nitrogen and oxygen atoms in total. The van der Waals surface area contributed by atoms with Gasteiger partial charge in [0.05, 0.1) is 38.0 Å². The number of ether oxygens (including phenoxy) is 4. The summed E-state index contributed by atoms with van der Waals surface area (Å²) in [5.74, 6) is 2.01. The minimum atomic E-state index is -2.10. The number of halogens is 2. The highest BCUT2D eigenvalue weighted by atomic mass is 35.5. The lowest BCUT2D eigenvalue weighted by molar-refractivity contribution is 0.214. The van der Waals surface area contributed by atoms with Gasteiger partial charge in [0.1, 0.15) is 36.7 Å². The third-order valence-corrected chi connectivity index (χ3v) is 19.4. The maximum absolute atomic E-state index is 11.6.